The fraction of sp³-hybridized carbons (Fsp3) is 0.312. The average Bonchev–Trinajstić information content (AvgIpc) is 3.33. The van der Waals surface area contributed by atoms with Crippen molar-refractivity contribution in [2.24, 2.45) is 0 Å². The second-order valence-corrected chi connectivity index (χ2v) is 7.42. The second kappa shape index (κ2) is 7.85. The third kappa shape index (κ3) is 4.61. The Morgan fingerprint density at radius 3 is 3.12 bits per heavy atom. The van der Waals surface area contributed by atoms with Crippen LogP contribution in [0, 0.1) is 0 Å². The molecular formula is C16H19BrN6S. The SMILES string of the molecule is C=C(CNc1ncc(Br)c(Nc2cc(C3CC3)[nH]n2)n1)S/C=C\C. The summed E-state index contributed by atoms with van der Waals surface area (Å²) in [6, 6.07) is 2.04. The van der Waals surface area contributed by atoms with Crippen LogP contribution in [0.4, 0.5) is 17.6 Å². The minimum absolute atomic E-state index is 0.542. The van der Waals surface area contributed by atoms with E-state index in [1.54, 1.807) is 18.0 Å². The molecule has 2 aromatic heterocycles. The first-order valence-electron chi connectivity index (χ1n) is 7.70. The van der Waals surface area contributed by atoms with Gasteiger partial charge in [0.1, 0.15) is 0 Å². The highest BCUT2D eigenvalue weighted by molar-refractivity contribution is 9.10. The van der Waals surface area contributed by atoms with E-state index in [0.717, 1.165) is 15.2 Å². The number of hydrogen-bond acceptors (Lipinski definition) is 6. The lowest BCUT2D eigenvalue weighted by Crippen LogP contribution is -2.07. The van der Waals surface area contributed by atoms with E-state index >= 15 is 0 Å². The van der Waals surface area contributed by atoms with E-state index in [1.807, 2.05) is 24.5 Å². The molecule has 1 aliphatic carbocycles. The van der Waals surface area contributed by atoms with Crippen molar-refractivity contribution in [2.75, 3.05) is 17.2 Å². The molecule has 0 amide bonds. The summed E-state index contributed by atoms with van der Waals surface area (Å²) in [6.07, 6.45) is 6.17. The van der Waals surface area contributed by atoms with Crippen molar-refractivity contribution in [3.63, 3.8) is 0 Å². The van der Waals surface area contributed by atoms with Crippen molar-refractivity contribution in [2.45, 2.75) is 25.7 Å². The molecule has 3 rings (SSSR count). The maximum Gasteiger partial charge on any atom is 0.224 e. The van der Waals surface area contributed by atoms with Gasteiger partial charge in [-0.05, 0) is 41.1 Å². The molecule has 0 radical (unpaired) electrons. The summed E-state index contributed by atoms with van der Waals surface area (Å²) in [5.74, 6) is 2.61. The number of H-pyrrole nitrogens is 1. The van der Waals surface area contributed by atoms with Crippen LogP contribution in [0.3, 0.4) is 0 Å². The Morgan fingerprint density at radius 1 is 1.54 bits per heavy atom. The number of nitrogens with zero attached hydrogens (tertiary/aromatic N) is 3. The number of thioether (sulfide) groups is 1. The Hall–Kier alpha value is -1.80. The van der Waals surface area contributed by atoms with Gasteiger partial charge in [0.25, 0.3) is 0 Å². The summed E-state index contributed by atoms with van der Waals surface area (Å²) < 4.78 is 0.783. The number of nitrogens with one attached hydrogen (secondary N) is 3. The maximum absolute atomic E-state index is 4.49. The zero-order valence-electron chi connectivity index (χ0n) is 13.3. The summed E-state index contributed by atoms with van der Waals surface area (Å²) in [5, 5.41) is 15.8. The summed E-state index contributed by atoms with van der Waals surface area (Å²) in [5.41, 5.74) is 1.18. The Morgan fingerprint density at radius 2 is 2.38 bits per heavy atom. The van der Waals surface area contributed by atoms with Crippen LogP contribution in [0.15, 0.2) is 39.7 Å². The Bertz CT molecular complexity index is 753. The van der Waals surface area contributed by atoms with E-state index in [4.69, 9.17) is 0 Å². The molecule has 0 unspecified atom stereocenters. The van der Waals surface area contributed by atoms with Gasteiger partial charge in [-0.1, -0.05) is 12.7 Å². The van der Waals surface area contributed by atoms with E-state index in [0.29, 0.717) is 24.2 Å². The van der Waals surface area contributed by atoms with Gasteiger partial charge in [0.15, 0.2) is 11.6 Å². The Balaban J connectivity index is 1.63. The molecule has 0 bridgehead atoms. The van der Waals surface area contributed by atoms with E-state index in [1.165, 1.54) is 18.5 Å². The lowest BCUT2D eigenvalue weighted by atomic mass is 10.3. The fourth-order valence-corrected chi connectivity index (χ4v) is 2.82. The van der Waals surface area contributed by atoms with Gasteiger partial charge >= 0.3 is 0 Å². The number of aromatic amines is 1. The van der Waals surface area contributed by atoms with E-state index in [9.17, 15) is 0 Å². The smallest absolute Gasteiger partial charge is 0.224 e. The van der Waals surface area contributed by atoms with Crippen molar-refractivity contribution in [1.29, 1.82) is 0 Å². The van der Waals surface area contributed by atoms with Gasteiger partial charge in [-0.25, -0.2) is 4.98 Å². The van der Waals surface area contributed by atoms with Gasteiger partial charge < -0.3 is 10.6 Å². The number of rotatable bonds is 8. The molecule has 1 saturated carbocycles. The summed E-state index contributed by atoms with van der Waals surface area (Å²) in [6.45, 7) is 6.58. The molecule has 1 fully saturated rings. The molecule has 0 aliphatic heterocycles. The molecule has 3 N–H and O–H groups in total. The third-order valence-electron chi connectivity index (χ3n) is 3.42. The maximum atomic E-state index is 4.49. The molecule has 126 valence electrons. The van der Waals surface area contributed by atoms with Crippen molar-refractivity contribution in [1.82, 2.24) is 20.2 Å². The highest BCUT2D eigenvalue weighted by atomic mass is 79.9. The standard InChI is InChI=1S/C16H19BrN6S/c1-3-6-24-10(2)8-18-16-19-9-12(17)15(21-16)20-14-7-13(22-23-14)11-4-5-11/h3,6-7,9,11H,2,4-5,8H2,1H3,(H3,18,19,20,21,22,23)/b6-3-. The number of anilines is 3. The van der Waals surface area contributed by atoms with Crippen molar-refractivity contribution in [3.05, 3.63) is 45.4 Å². The van der Waals surface area contributed by atoms with E-state index < -0.39 is 0 Å². The highest BCUT2D eigenvalue weighted by Crippen LogP contribution is 2.39. The number of aromatic nitrogens is 4. The van der Waals surface area contributed by atoms with Crippen LogP contribution in [-0.4, -0.2) is 26.7 Å². The predicted octanol–water partition coefficient (Wildman–Crippen LogP) is 4.78. The molecule has 6 nitrogen and oxygen atoms in total. The van der Waals surface area contributed by atoms with Crippen molar-refractivity contribution < 1.29 is 0 Å². The molecule has 2 heterocycles. The van der Waals surface area contributed by atoms with Gasteiger partial charge in [0, 0.05) is 35.3 Å². The summed E-state index contributed by atoms with van der Waals surface area (Å²) >= 11 is 5.05. The van der Waals surface area contributed by atoms with Crippen molar-refractivity contribution in [3.8, 4) is 0 Å². The van der Waals surface area contributed by atoms with Gasteiger partial charge in [0.05, 0.1) is 4.47 Å². The predicted molar refractivity (Wildman–Crippen MR) is 104 cm³/mol. The highest BCUT2D eigenvalue weighted by Gasteiger charge is 2.25. The molecule has 0 spiro atoms. The lowest BCUT2D eigenvalue weighted by molar-refractivity contribution is 0.966. The van der Waals surface area contributed by atoms with Crippen LogP contribution in [0.1, 0.15) is 31.4 Å². The van der Waals surface area contributed by atoms with Gasteiger partial charge in [-0.3, -0.25) is 5.10 Å². The van der Waals surface area contributed by atoms with Crippen LogP contribution in [0.5, 0.6) is 0 Å². The van der Waals surface area contributed by atoms with Gasteiger partial charge in [0.2, 0.25) is 5.95 Å². The number of allylic oxidation sites excluding steroid dienone is 1. The molecular weight excluding hydrogens is 388 g/mol. The summed E-state index contributed by atoms with van der Waals surface area (Å²) in [4.78, 5) is 9.75. The van der Waals surface area contributed by atoms with Crippen LogP contribution in [0.2, 0.25) is 0 Å². The van der Waals surface area contributed by atoms with Gasteiger partial charge in [-0.2, -0.15) is 10.1 Å². The largest absolute Gasteiger partial charge is 0.350 e. The molecule has 2 aromatic rings. The zero-order chi connectivity index (χ0) is 16.9. The van der Waals surface area contributed by atoms with Crippen molar-refractivity contribution >= 4 is 45.3 Å². The molecule has 0 saturated heterocycles. The molecule has 1 aliphatic rings. The first kappa shape index (κ1) is 17.0. The average molecular weight is 407 g/mol. The first-order chi connectivity index (χ1) is 11.7. The normalized spacial score (nSPS) is 14.1. The monoisotopic (exact) mass is 406 g/mol. The Labute approximate surface area is 153 Å². The fourth-order valence-electron chi connectivity index (χ4n) is 2.05. The second-order valence-electron chi connectivity index (χ2n) is 5.48. The Kier molecular flexibility index (Phi) is 5.57. The number of hydrogen-bond donors (Lipinski definition) is 3. The zero-order valence-corrected chi connectivity index (χ0v) is 15.7. The molecule has 0 atom stereocenters. The van der Waals surface area contributed by atoms with E-state index in [-0.39, 0.29) is 0 Å². The third-order valence-corrected chi connectivity index (χ3v) is 4.89. The topological polar surface area (TPSA) is 78.5 Å². The minimum Gasteiger partial charge on any atom is -0.350 e. The minimum atomic E-state index is 0.542. The van der Waals surface area contributed by atoms with Crippen LogP contribution < -0.4 is 10.6 Å². The quantitative estimate of drug-likeness (QED) is 0.585. The molecule has 0 aromatic carbocycles. The number of halogens is 1. The van der Waals surface area contributed by atoms with Gasteiger partial charge in [-0.15, -0.1) is 11.8 Å². The molecule has 24 heavy (non-hydrogen) atoms. The lowest BCUT2D eigenvalue weighted by Gasteiger charge is -2.09. The van der Waals surface area contributed by atoms with Crippen LogP contribution >= 0.6 is 27.7 Å². The first-order valence-corrected chi connectivity index (χ1v) is 9.37. The van der Waals surface area contributed by atoms with E-state index in [2.05, 4.69) is 53.3 Å². The van der Waals surface area contributed by atoms with Crippen LogP contribution in [-0.2, 0) is 0 Å². The van der Waals surface area contributed by atoms with Crippen LogP contribution in [0.25, 0.3) is 0 Å². The summed E-state index contributed by atoms with van der Waals surface area (Å²) in [7, 11) is 0. The molecule has 8 heteroatoms.